The molecule has 0 spiro atoms. The van der Waals surface area contributed by atoms with Crippen molar-refractivity contribution in [1.82, 2.24) is 0 Å². The highest BCUT2D eigenvalue weighted by atomic mass is 16.3. The number of anilines is 1. The van der Waals surface area contributed by atoms with Gasteiger partial charge in [-0.15, -0.1) is 0 Å². The first-order valence-corrected chi connectivity index (χ1v) is 7.80. The minimum atomic E-state index is 0.0681. The van der Waals surface area contributed by atoms with E-state index in [9.17, 15) is 5.11 Å². The lowest BCUT2D eigenvalue weighted by molar-refractivity contribution is -0.572. The molecule has 0 aliphatic carbocycles. The lowest BCUT2D eigenvalue weighted by Gasteiger charge is -2.27. The highest BCUT2D eigenvalue weighted by Gasteiger charge is 2.35. The fourth-order valence-electron chi connectivity index (χ4n) is 3.43. The summed E-state index contributed by atoms with van der Waals surface area (Å²) in [6, 6.07) is 4.65. The van der Waals surface area contributed by atoms with Crippen molar-refractivity contribution in [1.29, 1.82) is 0 Å². The minimum Gasteiger partial charge on any atom is -0.392 e. The standard InChI is InChI=1S/C18H29N2O/c1-13-9-14(2)17(15(3)10-13)20-8-7-19(12-20)16(11-21)18(4,5)6/h9-10,12,16,21H,7-8,11H2,1-6H3/q+1/t16-/m1/s1. The molecule has 1 heterocycles. The molecule has 1 aliphatic rings. The third-order valence-corrected chi connectivity index (χ3v) is 4.38. The normalized spacial score (nSPS) is 17.1. The molecular formula is C18H29N2O+. The van der Waals surface area contributed by atoms with Crippen LogP contribution in [0.1, 0.15) is 37.5 Å². The average molecular weight is 289 g/mol. The summed E-state index contributed by atoms with van der Waals surface area (Å²) >= 11 is 0. The number of aryl methyl sites for hydroxylation is 3. The van der Waals surface area contributed by atoms with Gasteiger partial charge in [-0.2, -0.15) is 0 Å². The lowest BCUT2D eigenvalue weighted by atomic mass is 9.87. The zero-order chi connectivity index (χ0) is 15.8. The van der Waals surface area contributed by atoms with Crippen molar-refractivity contribution in [3.63, 3.8) is 0 Å². The molecule has 1 atom stereocenters. The van der Waals surface area contributed by atoms with Crippen LogP contribution >= 0.6 is 0 Å². The van der Waals surface area contributed by atoms with Crippen molar-refractivity contribution < 1.29 is 9.68 Å². The third-order valence-electron chi connectivity index (χ3n) is 4.38. The molecule has 0 saturated carbocycles. The van der Waals surface area contributed by atoms with Crippen LogP contribution in [0.2, 0.25) is 0 Å². The van der Waals surface area contributed by atoms with Crippen LogP contribution in [-0.4, -0.2) is 41.8 Å². The molecule has 1 aromatic carbocycles. The van der Waals surface area contributed by atoms with Gasteiger partial charge in [-0.05, 0) is 31.9 Å². The summed E-state index contributed by atoms with van der Waals surface area (Å²) in [7, 11) is 0. The predicted molar refractivity (Wildman–Crippen MR) is 89.5 cm³/mol. The zero-order valence-electron chi connectivity index (χ0n) is 14.3. The van der Waals surface area contributed by atoms with Crippen molar-refractivity contribution in [3.8, 4) is 0 Å². The second-order valence-electron chi connectivity index (χ2n) is 7.36. The Kier molecular flexibility index (Phi) is 4.43. The molecule has 3 nitrogen and oxygen atoms in total. The second kappa shape index (κ2) is 5.80. The fourth-order valence-corrected chi connectivity index (χ4v) is 3.43. The molecule has 1 aromatic rings. The number of rotatable bonds is 3. The molecule has 0 amide bonds. The molecule has 21 heavy (non-hydrogen) atoms. The third kappa shape index (κ3) is 3.29. The van der Waals surface area contributed by atoms with Gasteiger partial charge < -0.3 is 5.11 Å². The molecule has 0 bridgehead atoms. The van der Waals surface area contributed by atoms with E-state index < -0.39 is 0 Å². The summed E-state index contributed by atoms with van der Waals surface area (Å²) in [5.74, 6) is 0. The smallest absolute Gasteiger partial charge is 0.239 e. The number of aliphatic hydroxyl groups is 1. The second-order valence-corrected chi connectivity index (χ2v) is 7.36. The molecule has 0 radical (unpaired) electrons. The highest BCUT2D eigenvalue weighted by molar-refractivity contribution is 5.81. The Morgan fingerprint density at radius 3 is 2.24 bits per heavy atom. The zero-order valence-corrected chi connectivity index (χ0v) is 14.3. The van der Waals surface area contributed by atoms with E-state index >= 15 is 0 Å². The van der Waals surface area contributed by atoms with Crippen molar-refractivity contribution in [2.75, 3.05) is 24.6 Å². The van der Waals surface area contributed by atoms with E-state index in [1.807, 2.05) is 0 Å². The quantitative estimate of drug-likeness (QED) is 0.866. The van der Waals surface area contributed by atoms with Crippen LogP contribution in [0.15, 0.2) is 12.1 Å². The molecule has 2 rings (SSSR count). The van der Waals surface area contributed by atoms with Gasteiger partial charge in [0, 0.05) is 5.41 Å². The van der Waals surface area contributed by atoms with E-state index in [4.69, 9.17) is 0 Å². The van der Waals surface area contributed by atoms with E-state index in [1.165, 1.54) is 22.4 Å². The Balaban J connectivity index is 2.33. The number of benzene rings is 1. The molecule has 0 saturated heterocycles. The van der Waals surface area contributed by atoms with Crippen LogP contribution in [-0.2, 0) is 0 Å². The minimum absolute atomic E-state index is 0.0681. The van der Waals surface area contributed by atoms with Gasteiger partial charge in [0.2, 0.25) is 6.34 Å². The molecule has 0 unspecified atom stereocenters. The number of hydrogen-bond acceptors (Lipinski definition) is 2. The lowest BCUT2D eigenvalue weighted by Crippen LogP contribution is -2.40. The van der Waals surface area contributed by atoms with Crippen LogP contribution in [0.25, 0.3) is 0 Å². The van der Waals surface area contributed by atoms with E-state index in [2.05, 4.69) is 69.5 Å². The van der Waals surface area contributed by atoms with Crippen LogP contribution < -0.4 is 4.90 Å². The number of hydrogen-bond donors (Lipinski definition) is 1. The topological polar surface area (TPSA) is 26.5 Å². The van der Waals surface area contributed by atoms with Crippen molar-refractivity contribution in [2.24, 2.45) is 5.41 Å². The largest absolute Gasteiger partial charge is 0.392 e. The van der Waals surface area contributed by atoms with Crippen molar-refractivity contribution in [3.05, 3.63) is 28.8 Å². The molecule has 1 N–H and O–H groups in total. The Bertz CT molecular complexity index is 532. The van der Waals surface area contributed by atoms with Gasteiger partial charge in [0.1, 0.15) is 24.8 Å². The molecule has 0 fully saturated rings. The van der Waals surface area contributed by atoms with Crippen LogP contribution in [0.3, 0.4) is 0 Å². The van der Waals surface area contributed by atoms with Gasteiger partial charge in [0.25, 0.3) is 0 Å². The van der Waals surface area contributed by atoms with Gasteiger partial charge in [-0.3, -0.25) is 4.58 Å². The molecule has 116 valence electrons. The van der Waals surface area contributed by atoms with Gasteiger partial charge in [-0.1, -0.05) is 38.5 Å². The average Bonchev–Trinajstić information content (AvgIpc) is 2.75. The first-order chi connectivity index (χ1) is 9.74. The van der Waals surface area contributed by atoms with Gasteiger partial charge in [0.15, 0.2) is 0 Å². The van der Waals surface area contributed by atoms with E-state index in [1.54, 1.807) is 0 Å². The first-order valence-electron chi connectivity index (χ1n) is 7.80. The van der Waals surface area contributed by atoms with Crippen LogP contribution in [0.5, 0.6) is 0 Å². The van der Waals surface area contributed by atoms with E-state index in [-0.39, 0.29) is 18.1 Å². The maximum absolute atomic E-state index is 9.74. The summed E-state index contributed by atoms with van der Waals surface area (Å²) in [4.78, 5) is 2.33. The summed E-state index contributed by atoms with van der Waals surface area (Å²) in [5.41, 5.74) is 5.34. The SMILES string of the molecule is Cc1cc(C)c(N2C=[N+]([C@H](CO)C(C)(C)C)CC2)c(C)c1. The maximum atomic E-state index is 9.74. The van der Waals surface area contributed by atoms with Crippen LogP contribution in [0, 0.1) is 26.2 Å². The highest BCUT2D eigenvalue weighted by Crippen LogP contribution is 2.28. The monoisotopic (exact) mass is 289 g/mol. The Morgan fingerprint density at radius 2 is 1.76 bits per heavy atom. The van der Waals surface area contributed by atoms with Crippen molar-refractivity contribution >= 4 is 12.0 Å². The Hall–Kier alpha value is -1.35. The molecular weight excluding hydrogens is 260 g/mol. The van der Waals surface area contributed by atoms with E-state index in [0.29, 0.717) is 0 Å². The first kappa shape index (κ1) is 16.0. The Labute approximate surface area is 128 Å². The predicted octanol–water partition coefficient (Wildman–Crippen LogP) is 2.88. The fraction of sp³-hybridized carbons (Fsp3) is 0.611. The van der Waals surface area contributed by atoms with Gasteiger partial charge >= 0.3 is 0 Å². The molecule has 3 heteroatoms. The maximum Gasteiger partial charge on any atom is 0.239 e. The van der Waals surface area contributed by atoms with Crippen molar-refractivity contribution in [2.45, 2.75) is 47.6 Å². The van der Waals surface area contributed by atoms with Crippen LogP contribution in [0.4, 0.5) is 5.69 Å². The van der Waals surface area contributed by atoms with Gasteiger partial charge in [-0.25, -0.2) is 4.90 Å². The van der Waals surface area contributed by atoms with Gasteiger partial charge in [0.05, 0.1) is 6.61 Å². The summed E-state index contributed by atoms with van der Waals surface area (Å²) < 4.78 is 2.29. The van der Waals surface area contributed by atoms with E-state index in [0.717, 1.165) is 13.1 Å². The number of aliphatic hydroxyl groups excluding tert-OH is 1. The Morgan fingerprint density at radius 1 is 1.19 bits per heavy atom. The summed E-state index contributed by atoms with van der Waals surface area (Å²) in [6.07, 6.45) is 2.19. The summed E-state index contributed by atoms with van der Waals surface area (Å²) in [5, 5.41) is 9.74. The molecule has 0 aromatic heterocycles. The number of nitrogens with zero attached hydrogens (tertiary/aromatic N) is 2. The summed E-state index contributed by atoms with van der Waals surface area (Å²) in [6.45, 7) is 15.2. The molecule has 1 aliphatic heterocycles.